The number of ether oxygens (including phenoxy) is 1. The highest BCUT2D eigenvalue weighted by atomic mass is 32.2. The summed E-state index contributed by atoms with van der Waals surface area (Å²) in [5.74, 6) is -0.551. The molecule has 1 atom stereocenters. The molecular weight excluding hydrogens is 416 g/mol. The number of hydrogen-bond donors (Lipinski definition) is 2. The third kappa shape index (κ3) is 11.1. The van der Waals surface area contributed by atoms with Crippen molar-refractivity contribution in [3.63, 3.8) is 0 Å². The molecule has 0 saturated heterocycles. The summed E-state index contributed by atoms with van der Waals surface area (Å²) in [5, 5.41) is 29.4. The summed E-state index contributed by atoms with van der Waals surface area (Å²) in [6, 6.07) is 5.66. The molecule has 0 aliphatic carbocycles. The van der Waals surface area contributed by atoms with Crippen LogP contribution in [-0.4, -0.2) is 65.9 Å². The number of carboxylic acid groups (broad SMARTS) is 1. The average Bonchev–Trinajstić information content (AvgIpc) is 2.66. The Hall–Kier alpha value is -2.24. The number of sulfonamides is 1. The van der Waals surface area contributed by atoms with Gasteiger partial charge in [0.05, 0.1) is 23.3 Å². The van der Waals surface area contributed by atoms with E-state index in [0.717, 1.165) is 19.1 Å². The number of hydrogen-bond acceptors (Lipinski definition) is 7. The molecule has 0 radical (unpaired) electrons. The van der Waals surface area contributed by atoms with Crippen molar-refractivity contribution in [2.75, 3.05) is 26.0 Å². The van der Waals surface area contributed by atoms with E-state index in [-0.39, 0.29) is 31.0 Å². The minimum Gasteiger partial charge on any atom is -0.491 e. The van der Waals surface area contributed by atoms with E-state index in [9.17, 15) is 28.4 Å². The average molecular weight is 447 g/mol. The first-order valence-corrected chi connectivity index (χ1v) is 11.7. The van der Waals surface area contributed by atoms with Crippen molar-refractivity contribution in [1.82, 2.24) is 4.31 Å². The molecule has 1 rings (SSSR count). The fourth-order valence-corrected chi connectivity index (χ4v) is 3.75. The fourth-order valence-electron chi connectivity index (χ4n) is 2.83. The molecule has 170 valence electrons. The molecule has 0 aromatic heterocycles. The van der Waals surface area contributed by atoms with E-state index < -0.39 is 27.0 Å². The number of nitrogens with zero attached hydrogens (tertiary/aromatic N) is 2. The Morgan fingerprint density at radius 1 is 1.20 bits per heavy atom. The van der Waals surface area contributed by atoms with Crippen LogP contribution in [0.4, 0.5) is 5.69 Å². The van der Waals surface area contributed by atoms with Gasteiger partial charge in [0.1, 0.15) is 12.4 Å². The topological polar surface area (TPSA) is 147 Å². The van der Waals surface area contributed by atoms with Crippen LogP contribution in [0.1, 0.15) is 44.9 Å². The van der Waals surface area contributed by atoms with Gasteiger partial charge in [-0.15, -0.1) is 0 Å². The van der Waals surface area contributed by atoms with E-state index >= 15 is 0 Å². The smallest absolute Gasteiger partial charge is 0.303 e. The molecule has 2 N–H and O–H groups in total. The van der Waals surface area contributed by atoms with Crippen LogP contribution in [-0.2, 0) is 14.8 Å². The second kappa shape index (κ2) is 13.1. The lowest BCUT2D eigenvalue weighted by Crippen LogP contribution is -2.32. The molecule has 11 heteroatoms. The summed E-state index contributed by atoms with van der Waals surface area (Å²) in [7, 11) is -3.37. The molecule has 1 aromatic rings. The van der Waals surface area contributed by atoms with Gasteiger partial charge in [-0.3, -0.25) is 14.9 Å². The Labute approximate surface area is 176 Å². The molecule has 0 amide bonds. The lowest BCUT2D eigenvalue weighted by molar-refractivity contribution is -0.384. The van der Waals surface area contributed by atoms with E-state index in [0.29, 0.717) is 32.2 Å². The third-order valence-corrected chi connectivity index (χ3v) is 5.74. The second-order valence-electron chi connectivity index (χ2n) is 7.08. The molecule has 0 bridgehead atoms. The minimum atomic E-state index is -3.37. The lowest BCUT2D eigenvalue weighted by atomic mass is 10.1. The van der Waals surface area contributed by atoms with E-state index in [4.69, 9.17) is 9.84 Å². The second-order valence-corrected chi connectivity index (χ2v) is 9.06. The Morgan fingerprint density at radius 3 is 2.50 bits per heavy atom. The van der Waals surface area contributed by atoms with Gasteiger partial charge >= 0.3 is 5.97 Å². The number of nitro groups is 1. The van der Waals surface area contributed by atoms with E-state index in [2.05, 4.69) is 0 Å². The number of benzene rings is 1. The maximum absolute atomic E-state index is 11.9. The number of carboxylic acids is 1. The number of non-ortho nitro benzene ring substituents is 1. The number of nitro benzene ring substituents is 1. The largest absolute Gasteiger partial charge is 0.491 e. The molecular formula is C19H30N2O8S. The van der Waals surface area contributed by atoms with Crippen LogP contribution in [0.15, 0.2) is 24.3 Å². The molecule has 0 spiro atoms. The van der Waals surface area contributed by atoms with Crippen molar-refractivity contribution in [3.8, 4) is 5.75 Å². The zero-order valence-electron chi connectivity index (χ0n) is 17.1. The van der Waals surface area contributed by atoms with Crippen molar-refractivity contribution in [1.29, 1.82) is 0 Å². The van der Waals surface area contributed by atoms with Crippen LogP contribution in [0.3, 0.4) is 0 Å². The Bertz CT molecular complexity index is 784. The van der Waals surface area contributed by atoms with Crippen LogP contribution in [0.25, 0.3) is 0 Å². The first-order valence-electron chi connectivity index (χ1n) is 9.82. The van der Waals surface area contributed by atoms with Crippen LogP contribution >= 0.6 is 0 Å². The standard InChI is InChI=1S/C19H30N2O8S/c1-30(27,28)20(12-5-3-2-4-11-19(23)24)13-7-9-17(22)15-29-18-10-6-8-16(14-18)21(25)26/h6,8,10,14,17,22H,2-5,7,9,11-13,15H2,1H3,(H,23,24). The SMILES string of the molecule is CS(=O)(=O)N(CCCCCCC(=O)O)CCCC(O)COc1cccc([N+](=O)[O-])c1. The number of carbonyl (C=O) groups is 1. The van der Waals surface area contributed by atoms with Gasteiger partial charge in [0, 0.05) is 25.6 Å². The van der Waals surface area contributed by atoms with Gasteiger partial charge in [-0.1, -0.05) is 18.9 Å². The van der Waals surface area contributed by atoms with Crippen molar-refractivity contribution in [2.24, 2.45) is 0 Å². The third-order valence-electron chi connectivity index (χ3n) is 4.43. The summed E-state index contributed by atoms with van der Waals surface area (Å²) in [6.07, 6.45) is 3.88. The number of aliphatic hydroxyl groups excluding tert-OH is 1. The van der Waals surface area contributed by atoms with Crippen LogP contribution in [0.2, 0.25) is 0 Å². The summed E-state index contributed by atoms with van der Waals surface area (Å²) in [6.45, 7) is 0.567. The fraction of sp³-hybridized carbons (Fsp3) is 0.632. The molecule has 0 aliphatic rings. The van der Waals surface area contributed by atoms with Gasteiger partial charge in [0.2, 0.25) is 10.0 Å². The van der Waals surface area contributed by atoms with Crippen LogP contribution < -0.4 is 4.74 Å². The van der Waals surface area contributed by atoms with E-state index in [1.807, 2.05) is 0 Å². The highest BCUT2D eigenvalue weighted by Gasteiger charge is 2.17. The molecule has 0 aliphatic heterocycles. The molecule has 10 nitrogen and oxygen atoms in total. The van der Waals surface area contributed by atoms with Crippen molar-refractivity contribution in [3.05, 3.63) is 34.4 Å². The van der Waals surface area contributed by atoms with Gasteiger partial charge in [0.25, 0.3) is 5.69 Å². The van der Waals surface area contributed by atoms with Gasteiger partial charge in [-0.2, -0.15) is 0 Å². The number of rotatable bonds is 16. The molecule has 0 saturated carbocycles. The predicted molar refractivity (Wildman–Crippen MR) is 111 cm³/mol. The summed E-state index contributed by atoms with van der Waals surface area (Å²) in [5.41, 5.74) is -0.103. The summed E-state index contributed by atoms with van der Waals surface area (Å²) < 4.78 is 30.6. The maximum atomic E-state index is 11.9. The molecule has 1 unspecified atom stereocenters. The van der Waals surface area contributed by atoms with Crippen molar-refractivity contribution >= 4 is 21.7 Å². The predicted octanol–water partition coefficient (Wildman–Crippen LogP) is 2.41. The molecule has 30 heavy (non-hydrogen) atoms. The minimum absolute atomic E-state index is 0.0520. The Kier molecular flexibility index (Phi) is 11.3. The van der Waals surface area contributed by atoms with E-state index in [1.54, 1.807) is 6.07 Å². The van der Waals surface area contributed by atoms with Crippen LogP contribution in [0, 0.1) is 10.1 Å². The highest BCUT2D eigenvalue weighted by molar-refractivity contribution is 7.88. The number of aliphatic hydroxyl groups is 1. The van der Waals surface area contributed by atoms with Crippen LogP contribution in [0.5, 0.6) is 5.75 Å². The quantitative estimate of drug-likeness (QED) is 0.223. The molecule has 1 aromatic carbocycles. The van der Waals surface area contributed by atoms with Crippen molar-refractivity contribution in [2.45, 2.75) is 51.0 Å². The summed E-state index contributed by atoms with van der Waals surface area (Å²) >= 11 is 0. The zero-order chi connectivity index (χ0) is 22.6. The lowest BCUT2D eigenvalue weighted by Gasteiger charge is -2.20. The molecule has 0 heterocycles. The van der Waals surface area contributed by atoms with E-state index in [1.165, 1.54) is 22.5 Å². The van der Waals surface area contributed by atoms with Gasteiger partial charge in [0.15, 0.2) is 0 Å². The monoisotopic (exact) mass is 446 g/mol. The Morgan fingerprint density at radius 2 is 1.87 bits per heavy atom. The van der Waals surface area contributed by atoms with Crippen molar-refractivity contribution < 1.29 is 33.1 Å². The molecule has 0 fully saturated rings. The Balaban J connectivity index is 2.33. The van der Waals surface area contributed by atoms with Gasteiger partial charge in [-0.05, 0) is 31.7 Å². The normalized spacial score (nSPS) is 12.6. The zero-order valence-corrected chi connectivity index (χ0v) is 17.9. The summed E-state index contributed by atoms with van der Waals surface area (Å²) in [4.78, 5) is 20.7. The number of aliphatic carboxylic acids is 1. The highest BCUT2D eigenvalue weighted by Crippen LogP contribution is 2.19. The number of unbranched alkanes of at least 4 members (excludes halogenated alkanes) is 3. The first kappa shape index (κ1) is 25.8. The maximum Gasteiger partial charge on any atom is 0.303 e. The first-order chi connectivity index (χ1) is 14.1. The van der Waals surface area contributed by atoms with Gasteiger partial charge < -0.3 is 14.9 Å². The van der Waals surface area contributed by atoms with Gasteiger partial charge in [-0.25, -0.2) is 12.7 Å².